The lowest BCUT2D eigenvalue weighted by Crippen LogP contribution is -2.08. The molecule has 0 heterocycles. The third-order valence-corrected chi connectivity index (χ3v) is 4.83. The lowest BCUT2D eigenvalue weighted by atomic mass is 9.91. The highest BCUT2D eigenvalue weighted by Crippen LogP contribution is 2.30. The van der Waals surface area contributed by atoms with Crippen molar-refractivity contribution in [2.75, 3.05) is 12.9 Å². The maximum Gasteiger partial charge on any atom is 0.332 e. The van der Waals surface area contributed by atoms with Gasteiger partial charge in [-0.1, -0.05) is 18.2 Å². The highest BCUT2D eigenvalue weighted by atomic mass is 32.2. The summed E-state index contributed by atoms with van der Waals surface area (Å²) in [6.07, 6.45) is 0.806. The minimum Gasteiger partial charge on any atom is -0.478 e. The van der Waals surface area contributed by atoms with Crippen molar-refractivity contribution >= 4 is 21.4 Å². The second kappa shape index (κ2) is 7.76. The van der Waals surface area contributed by atoms with Crippen molar-refractivity contribution in [2.45, 2.75) is 11.3 Å². The van der Waals surface area contributed by atoms with Gasteiger partial charge in [0.25, 0.3) is 0 Å². The fourth-order valence-electron chi connectivity index (χ4n) is 2.49. The van der Waals surface area contributed by atoms with E-state index in [1.807, 2.05) is 0 Å². The Kier molecular flexibility index (Phi) is 5.89. The number of rotatable bonds is 6. The number of hydrogen-bond donors (Lipinski definition) is 2. The fourth-order valence-corrected chi connectivity index (χ4v) is 3.12. The van der Waals surface area contributed by atoms with E-state index in [0.717, 1.165) is 18.4 Å². The molecule has 2 N–H and O–H groups in total. The summed E-state index contributed by atoms with van der Waals surface area (Å²) in [4.78, 5) is 11.7. The van der Waals surface area contributed by atoms with Gasteiger partial charge in [0.1, 0.15) is 0 Å². The van der Waals surface area contributed by atoms with E-state index in [-0.39, 0.29) is 28.0 Å². The van der Waals surface area contributed by atoms with Crippen LogP contribution < -0.4 is 0 Å². The van der Waals surface area contributed by atoms with Gasteiger partial charge >= 0.3 is 5.97 Å². The molecule has 0 radical (unpaired) electrons. The van der Waals surface area contributed by atoms with Crippen molar-refractivity contribution in [3.63, 3.8) is 0 Å². The van der Waals surface area contributed by atoms with Gasteiger partial charge in [0.15, 0.2) is 21.5 Å². The zero-order chi connectivity index (χ0) is 19.5. The van der Waals surface area contributed by atoms with Crippen LogP contribution >= 0.6 is 0 Å². The van der Waals surface area contributed by atoms with Crippen LogP contribution in [-0.2, 0) is 14.6 Å². The predicted octanol–water partition coefficient (Wildman–Crippen LogP) is 2.64. The second-order valence-corrected chi connectivity index (χ2v) is 7.57. The van der Waals surface area contributed by atoms with E-state index in [4.69, 9.17) is 5.11 Å². The zero-order valence-corrected chi connectivity index (χ0v) is 14.6. The first-order valence-electron chi connectivity index (χ1n) is 7.48. The molecular formula is C18H16F2O5S. The van der Waals surface area contributed by atoms with Crippen LogP contribution in [0.3, 0.4) is 0 Å². The molecule has 0 aromatic heterocycles. The number of carboxylic acids is 1. The maximum absolute atomic E-state index is 13.7. The van der Waals surface area contributed by atoms with Gasteiger partial charge in [-0.2, -0.15) is 0 Å². The lowest BCUT2D eigenvalue weighted by Gasteiger charge is -2.14. The number of halogens is 2. The molecular weight excluding hydrogens is 366 g/mol. The second-order valence-electron chi connectivity index (χ2n) is 5.56. The van der Waals surface area contributed by atoms with Crippen LogP contribution in [0.5, 0.6) is 0 Å². The first-order valence-corrected chi connectivity index (χ1v) is 9.37. The average molecular weight is 382 g/mol. The summed E-state index contributed by atoms with van der Waals surface area (Å²) in [5.41, 5.74) is 0.271. The largest absolute Gasteiger partial charge is 0.478 e. The van der Waals surface area contributed by atoms with E-state index in [1.165, 1.54) is 30.3 Å². The first kappa shape index (κ1) is 19.7. The summed E-state index contributed by atoms with van der Waals surface area (Å²) in [6.45, 7) is -0.462. The summed E-state index contributed by atoms with van der Waals surface area (Å²) in [7, 11) is -3.45. The van der Waals surface area contributed by atoms with E-state index < -0.39 is 34.0 Å². The first-order chi connectivity index (χ1) is 12.1. The van der Waals surface area contributed by atoms with Gasteiger partial charge in [0.05, 0.1) is 4.90 Å². The summed E-state index contributed by atoms with van der Waals surface area (Å²) in [6, 6.07) is 8.30. The number of aliphatic carboxylic acids is 1. The van der Waals surface area contributed by atoms with Crippen molar-refractivity contribution in [3.05, 3.63) is 70.8 Å². The Bertz CT molecular complexity index is 964. The van der Waals surface area contributed by atoms with Gasteiger partial charge in [0, 0.05) is 24.9 Å². The van der Waals surface area contributed by atoms with Gasteiger partial charge < -0.3 is 10.2 Å². The summed E-state index contributed by atoms with van der Waals surface area (Å²) in [5.74, 6) is -3.56. The van der Waals surface area contributed by atoms with Crippen LogP contribution in [0.25, 0.3) is 5.57 Å². The monoisotopic (exact) mass is 382 g/mol. The van der Waals surface area contributed by atoms with E-state index in [0.29, 0.717) is 5.56 Å². The number of aliphatic hydroxyl groups excluding tert-OH is 1. The summed E-state index contributed by atoms with van der Waals surface area (Å²) >= 11 is 0. The standard InChI is InChI=1S/C18H16F2O5S/c1-26(24,25)13-5-2-11(3-6-13)17(14(8-9-21)18(22)23)12-4-7-15(19)16(20)10-12/h2-7,10,21H,8-9H2,1H3,(H,22,23)/b17-14+. The Morgan fingerprint density at radius 1 is 1.00 bits per heavy atom. The van der Waals surface area contributed by atoms with Gasteiger partial charge in [-0.25, -0.2) is 22.0 Å². The average Bonchev–Trinajstić information content (AvgIpc) is 2.57. The highest BCUT2D eigenvalue weighted by molar-refractivity contribution is 7.90. The topological polar surface area (TPSA) is 91.7 Å². The predicted molar refractivity (Wildman–Crippen MR) is 91.3 cm³/mol. The molecule has 26 heavy (non-hydrogen) atoms. The SMILES string of the molecule is CS(=O)(=O)c1ccc(/C(=C(/CCO)C(=O)O)c2ccc(F)c(F)c2)cc1. The van der Waals surface area contributed by atoms with Crippen molar-refractivity contribution < 1.29 is 32.2 Å². The van der Waals surface area contributed by atoms with Crippen LogP contribution in [0.2, 0.25) is 0 Å². The van der Waals surface area contributed by atoms with E-state index in [1.54, 1.807) is 0 Å². The van der Waals surface area contributed by atoms with Crippen molar-refractivity contribution in [3.8, 4) is 0 Å². The third kappa shape index (κ3) is 4.33. The molecule has 0 atom stereocenters. The smallest absolute Gasteiger partial charge is 0.332 e. The van der Waals surface area contributed by atoms with Crippen LogP contribution in [0.1, 0.15) is 17.5 Å². The number of aliphatic hydroxyl groups is 1. The molecule has 0 amide bonds. The molecule has 0 bridgehead atoms. The number of carboxylic acid groups (broad SMARTS) is 1. The minimum atomic E-state index is -3.45. The molecule has 138 valence electrons. The molecule has 0 saturated heterocycles. The third-order valence-electron chi connectivity index (χ3n) is 3.70. The minimum absolute atomic E-state index is 0.0323. The zero-order valence-electron chi connectivity index (χ0n) is 13.7. The summed E-state index contributed by atoms with van der Waals surface area (Å²) < 4.78 is 50.1. The number of sulfone groups is 1. The number of hydrogen-bond acceptors (Lipinski definition) is 4. The van der Waals surface area contributed by atoms with E-state index in [9.17, 15) is 27.1 Å². The molecule has 0 fully saturated rings. The quantitative estimate of drug-likeness (QED) is 0.750. The van der Waals surface area contributed by atoms with Crippen molar-refractivity contribution in [1.29, 1.82) is 0 Å². The number of carbonyl (C=O) groups is 1. The molecule has 5 nitrogen and oxygen atoms in total. The Labute approximate surface area is 149 Å². The molecule has 2 aromatic rings. The maximum atomic E-state index is 13.7. The molecule has 2 rings (SSSR count). The summed E-state index contributed by atoms with van der Waals surface area (Å²) in [5, 5.41) is 18.6. The Hall–Kier alpha value is -2.58. The molecule has 8 heteroatoms. The van der Waals surface area contributed by atoms with Crippen LogP contribution in [0, 0.1) is 11.6 Å². The molecule has 0 aliphatic rings. The highest BCUT2D eigenvalue weighted by Gasteiger charge is 2.19. The molecule has 0 unspecified atom stereocenters. The van der Waals surface area contributed by atoms with Crippen molar-refractivity contribution in [1.82, 2.24) is 0 Å². The fraction of sp³-hybridized carbons (Fsp3) is 0.167. The van der Waals surface area contributed by atoms with Crippen LogP contribution in [0.15, 0.2) is 52.9 Å². The number of benzene rings is 2. The molecule has 0 aliphatic heterocycles. The Morgan fingerprint density at radius 3 is 2.04 bits per heavy atom. The normalized spacial score (nSPS) is 12.6. The van der Waals surface area contributed by atoms with Crippen LogP contribution in [0.4, 0.5) is 8.78 Å². The Balaban J connectivity index is 2.73. The van der Waals surface area contributed by atoms with Crippen LogP contribution in [-0.4, -0.2) is 37.5 Å². The molecule has 0 spiro atoms. The van der Waals surface area contributed by atoms with E-state index in [2.05, 4.69) is 0 Å². The van der Waals surface area contributed by atoms with Gasteiger partial charge in [-0.3, -0.25) is 0 Å². The molecule has 2 aromatic carbocycles. The lowest BCUT2D eigenvalue weighted by molar-refractivity contribution is -0.132. The molecule has 0 aliphatic carbocycles. The van der Waals surface area contributed by atoms with Gasteiger partial charge in [0.2, 0.25) is 0 Å². The molecule has 0 saturated carbocycles. The van der Waals surface area contributed by atoms with Gasteiger partial charge in [-0.05, 0) is 41.0 Å². The van der Waals surface area contributed by atoms with E-state index >= 15 is 0 Å². The van der Waals surface area contributed by atoms with Gasteiger partial charge in [-0.15, -0.1) is 0 Å². The Morgan fingerprint density at radius 2 is 1.58 bits per heavy atom. The van der Waals surface area contributed by atoms with Crippen molar-refractivity contribution in [2.24, 2.45) is 0 Å².